The number of rotatable bonds is 4. The van der Waals surface area contributed by atoms with Gasteiger partial charge in [-0.05, 0) is 40.0 Å². The van der Waals surface area contributed by atoms with Crippen molar-refractivity contribution in [1.82, 2.24) is 0 Å². The minimum absolute atomic E-state index is 0.251. The lowest BCUT2D eigenvalue weighted by molar-refractivity contribution is 0.352. The van der Waals surface area contributed by atoms with Gasteiger partial charge in [0.2, 0.25) is 9.05 Å². The molecule has 96 valence electrons. The van der Waals surface area contributed by atoms with Gasteiger partial charge in [0.05, 0.1) is 24.4 Å². The third kappa shape index (κ3) is 3.50. The highest BCUT2D eigenvalue weighted by Crippen LogP contribution is 2.40. The van der Waals surface area contributed by atoms with Crippen molar-refractivity contribution < 1.29 is 17.9 Å². The number of benzene rings is 1. The Labute approximate surface area is 113 Å². The van der Waals surface area contributed by atoms with Crippen molar-refractivity contribution in [1.29, 1.82) is 0 Å². The minimum atomic E-state index is -3.61. The molecule has 4 nitrogen and oxygen atoms in total. The summed E-state index contributed by atoms with van der Waals surface area (Å²) in [7, 11) is 4.64. The van der Waals surface area contributed by atoms with Crippen LogP contribution in [0, 0.1) is 6.92 Å². The molecule has 0 fully saturated rings. The van der Waals surface area contributed by atoms with Gasteiger partial charge in [0.1, 0.15) is 0 Å². The molecule has 0 unspecified atom stereocenters. The molecule has 0 atom stereocenters. The Kier molecular flexibility index (Phi) is 4.69. The van der Waals surface area contributed by atoms with Gasteiger partial charge in [0.15, 0.2) is 11.5 Å². The highest BCUT2D eigenvalue weighted by Gasteiger charge is 2.18. The van der Waals surface area contributed by atoms with Crippen LogP contribution in [0.2, 0.25) is 0 Å². The summed E-state index contributed by atoms with van der Waals surface area (Å²) in [6.45, 7) is 1.78. The van der Waals surface area contributed by atoms with Gasteiger partial charge < -0.3 is 9.47 Å². The number of ether oxygens (including phenoxy) is 2. The third-order valence-corrected chi connectivity index (χ3v) is 4.23. The first-order chi connectivity index (χ1) is 7.80. The smallest absolute Gasteiger partial charge is 0.236 e. The molecule has 0 spiro atoms. The van der Waals surface area contributed by atoms with Gasteiger partial charge in [-0.15, -0.1) is 0 Å². The summed E-state index contributed by atoms with van der Waals surface area (Å²) >= 11 is 3.35. The number of halogens is 2. The van der Waals surface area contributed by atoms with Crippen molar-refractivity contribution in [2.75, 3.05) is 14.2 Å². The Bertz CT molecular complexity index is 528. The second-order valence-corrected chi connectivity index (χ2v) is 6.96. The second-order valence-electron chi connectivity index (χ2n) is 3.39. The zero-order valence-electron chi connectivity index (χ0n) is 9.58. The van der Waals surface area contributed by atoms with Crippen LogP contribution >= 0.6 is 26.6 Å². The van der Waals surface area contributed by atoms with Gasteiger partial charge in [0, 0.05) is 10.7 Å². The summed E-state index contributed by atoms with van der Waals surface area (Å²) in [5.41, 5.74) is 1.33. The average molecular weight is 344 g/mol. The van der Waals surface area contributed by atoms with E-state index in [1.807, 2.05) is 0 Å². The van der Waals surface area contributed by atoms with Crippen molar-refractivity contribution in [3.63, 3.8) is 0 Å². The van der Waals surface area contributed by atoms with E-state index >= 15 is 0 Å². The van der Waals surface area contributed by atoms with Gasteiger partial charge in [-0.2, -0.15) is 0 Å². The maximum absolute atomic E-state index is 11.1. The SMILES string of the molecule is COc1cc(CS(=O)(=O)Cl)c(C)c(Br)c1OC. The Morgan fingerprint density at radius 2 is 1.94 bits per heavy atom. The number of hydrogen-bond acceptors (Lipinski definition) is 4. The highest BCUT2D eigenvalue weighted by atomic mass is 79.9. The molecule has 0 heterocycles. The fourth-order valence-corrected chi connectivity index (χ4v) is 3.06. The highest BCUT2D eigenvalue weighted by molar-refractivity contribution is 9.10. The lowest BCUT2D eigenvalue weighted by Crippen LogP contribution is -2.01. The average Bonchev–Trinajstić information content (AvgIpc) is 2.22. The molecule has 0 aliphatic rings. The van der Waals surface area contributed by atoms with Crippen LogP contribution in [0.4, 0.5) is 0 Å². The molecule has 1 aromatic rings. The van der Waals surface area contributed by atoms with Crippen LogP contribution in [0.25, 0.3) is 0 Å². The molecule has 7 heteroatoms. The van der Waals surface area contributed by atoms with E-state index in [1.54, 1.807) is 13.0 Å². The van der Waals surface area contributed by atoms with Gasteiger partial charge >= 0.3 is 0 Å². The molecule has 17 heavy (non-hydrogen) atoms. The molecule has 0 N–H and O–H groups in total. The van der Waals surface area contributed by atoms with Crippen LogP contribution < -0.4 is 9.47 Å². The van der Waals surface area contributed by atoms with Gasteiger partial charge in [-0.3, -0.25) is 0 Å². The fraction of sp³-hybridized carbons (Fsp3) is 0.400. The van der Waals surface area contributed by atoms with E-state index in [2.05, 4.69) is 15.9 Å². The predicted octanol–water partition coefficient (Wildman–Crippen LogP) is 2.84. The molecule has 0 aliphatic carbocycles. The summed E-state index contributed by atoms with van der Waals surface area (Å²) in [5.74, 6) is 0.736. The van der Waals surface area contributed by atoms with Crippen molar-refractivity contribution >= 4 is 35.7 Å². The second kappa shape index (κ2) is 5.46. The quantitative estimate of drug-likeness (QED) is 0.789. The van der Waals surface area contributed by atoms with Crippen LogP contribution in [0.15, 0.2) is 10.5 Å². The van der Waals surface area contributed by atoms with Crippen LogP contribution in [-0.2, 0) is 14.8 Å². The zero-order valence-corrected chi connectivity index (χ0v) is 12.7. The van der Waals surface area contributed by atoms with E-state index in [4.69, 9.17) is 20.2 Å². The standard InChI is InChI=1S/C10H12BrClO4S/c1-6-7(5-17(12,13)14)4-8(15-2)10(16-3)9(6)11/h4H,5H2,1-3H3. The van der Waals surface area contributed by atoms with Crippen molar-refractivity contribution in [2.45, 2.75) is 12.7 Å². The fourth-order valence-electron chi connectivity index (χ4n) is 1.43. The molecule has 0 amide bonds. The Morgan fingerprint density at radius 3 is 2.35 bits per heavy atom. The first kappa shape index (κ1) is 14.6. The van der Waals surface area contributed by atoms with Crippen LogP contribution in [0.5, 0.6) is 11.5 Å². The first-order valence-corrected chi connectivity index (χ1v) is 7.89. The summed E-state index contributed by atoms with van der Waals surface area (Å²) in [5, 5.41) is 0. The maximum atomic E-state index is 11.1. The monoisotopic (exact) mass is 342 g/mol. The van der Waals surface area contributed by atoms with E-state index in [9.17, 15) is 8.42 Å². The first-order valence-electron chi connectivity index (χ1n) is 4.62. The van der Waals surface area contributed by atoms with E-state index in [-0.39, 0.29) is 5.75 Å². The molecular formula is C10H12BrClO4S. The third-order valence-electron chi connectivity index (χ3n) is 2.29. The summed E-state index contributed by atoms with van der Waals surface area (Å²) in [6.07, 6.45) is 0. The summed E-state index contributed by atoms with van der Waals surface area (Å²) < 4.78 is 33.2. The van der Waals surface area contributed by atoms with Crippen LogP contribution in [0.3, 0.4) is 0 Å². The van der Waals surface area contributed by atoms with E-state index in [0.717, 1.165) is 5.56 Å². The van der Waals surface area contributed by atoms with Crippen molar-refractivity contribution in [2.24, 2.45) is 0 Å². The Morgan fingerprint density at radius 1 is 1.35 bits per heavy atom. The van der Waals surface area contributed by atoms with Gasteiger partial charge in [-0.25, -0.2) is 8.42 Å². The Hall–Kier alpha value is -0.460. The zero-order chi connectivity index (χ0) is 13.2. The predicted molar refractivity (Wildman–Crippen MR) is 70.5 cm³/mol. The molecule has 0 bridgehead atoms. The van der Waals surface area contributed by atoms with Crippen LogP contribution in [0.1, 0.15) is 11.1 Å². The lowest BCUT2D eigenvalue weighted by atomic mass is 10.1. The largest absolute Gasteiger partial charge is 0.493 e. The topological polar surface area (TPSA) is 52.6 Å². The van der Waals surface area contributed by atoms with E-state index < -0.39 is 9.05 Å². The normalized spacial score (nSPS) is 11.4. The molecule has 1 rings (SSSR count). The number of methoxy groups -OCH3 is 2. The number of hydrogen-bond donors (Lipinski definition) is 0. The van der Waals surface area contributed by atoms with Gasteiger partial charge in [0.25, 0.3) is 0 Å². The van der Waals surface area contributed by atoms with Crippen molar-refractivity contribution in [3.05, 3.63) is 21.7 Å². The van der Waals surface area contributed by atoms with Crippen LogP contribution in [-0.4, -0.2) is 22.6 Å². The Balaban J connectivity index is 3.39. The molecule has 0 radical (unpaired) electrons. The summed E-state index contributed by atoms with van der Waals surface area (Å²) in [6, 6.07) is 1.61. The molecule has 1 aromatic carbocycles. The molecule has 0 saturated heterocycles. The van der Waals surface area contributed by atoms with Crippen molar-refractivity contribution in [3.8, 4) is 11.5 Å². The maximum Gasteiger partial charge on any atom is 0.236 e. The molecule has 0 aromatic heterocycles. The summed E-state index contributed by atoms with van der Waals surface area (Å²) in [4.78, 5) is 0. The lowest BCUT2D eigenvalue weighted by Gasteiger charge is -2.14. The molecule has 0 aliphatic heterocycles. The minimum Gasteiger partial charge on any atom is -0.493 e. The molecular weight excluding hydrogens is 332 g/mol. The van der Waals surface area contributed by atoms with Gasteiger partial charge in [-0.1, -0.05) is 0 Å². The van der Waals surface area contributed by atoms with E-state index in [0.29, 0.717) is 21.5 Å². The molecule has 0 saturated carbocycles. The van der Waals surface area contributed by atoms with E-state index in [1.165, 1.54) is 14.2 Å².